The van der Waals surface area contributed by atoms with Crippen LogP contribution in [0.5, 0.6) is 0 Å². The molecule has 10 nitrogen and oxygen atoms in total. The largest absolute Gasteiger partial charge is 0.462 e. The predicted octanol–water partition coefficient (Wildman–Crippen LogP) is 11.1. The number of ether oxygens (including phenoxy) is 4. The van der Waals surface area contributed by atoms with Crippen molar-refractivity contribution in [3.05, 3.63) is 24.3 Å². The Morgan fingerprint density at radius 1 is 0.450 bits per heavy atom. The highest BCUT2D eigenvalue weighted by molar-refractivity contribution is 5.72. The monoisotopic (exact) mass is 845 g/mol. The van der Waals surface area contributed by atoms with Gasteiger partial charge in [-0.1, -0.05) is 129 Å². The third-order valence-corrected chi connectivity index (χ3v) is 11.6. The van der Waals surface area contributed by atoms with Crippen LogP contribution in [-0.2, 0) is 38.1 Å². The molecule has 0 aliphatic carbocycles. The van der Waals surface area contributed by atoms with Gasteiger partial charge in [0.1, 0.15) is 13.2 Å². The minimum atomic E-state index is -1.09. The van der Waals surface area contributed by atoms with Crippen LogP contribution in [0.3, 0.4) is 0 Å². The molecule has 0 aromatic rings. The lowest BCUT2D eigenvalue weighted by molar-refractivity contribution is -0.183. The van der Waals surface area contributed by atoms with Gasteiger partial charge in [-0.2, -0.15) is 0 Å². The van der Waals surface area contributed by atoms with Crippen LogP contribution in [0.25, 0.3) is 0 Å². The minimum absolute atomic E-state index is 0.162. The zero-order chi connectivity index (χ0) is 43.5. The maximum atomic E-state index is 13.2. The van der Waals surface area contributed by atoms with Gasteiger partial charge in [-0.3, -0.25) is 19.2 Å². The van der Waals surface area contributed by atoms with Crippen molar-refractivity contribution in [2.24, 2.45) is 11.8 Å². The summed E-state index contributed by atoms with van der Waals surface area (Å²) in [5.41, 5.74) is 0. The highest BCUT2D eigenvalue weighted by Gasteiger charge is 2.33. The van der Waals surface area contributed by atoms with Crippen LogP contribution in [0, 0.1) is 11.8 Å². The van der Waals surface area contributed by atoms with E-state index in [1.807, 2.05) is 0 Å². The van der Waals surface area contributed by atoms with Crippen molar-refractivity contribution >= 4 is 23.9 Å². The molecular formula is C50H88N2O8. The average Bonchev–Trinajstić information content (AvgIpc) is 3.20. The molecule has 2 saturated heterocycles. The molecule has 2 aliphatic heterocycles. The minimum Gasteiger partial charge on any atom is -0.462 e. The van der Waals surface area contributed by atoms with Crippen LogP contribution in [0.1, 0.15) is 195 Å². The molecule has 0 bridgehead atoms. The molecule has 0 radical (unpaired) electrons. The van der Waals surface area contributed by atoms with Gasteiger partial charge >= 0.3 is 23.9 Å². The van der Waals surface area contributed by atoms with E-state index in [4.69, 9.17) is 18.9 Å². The SMILES string of the molecule is CCCCCC/C=C\CCCCCCCC(=O)OC[C@H](OC(=O)CCN1CC(C)C1)[C@@H](COC(=O)CCCCCCC/C=C\CCCCCC)OC(=O)CCN1CC(C)C1. The standard InChI is InChI=1S/C50H88N2O8/c1-5-7-9-11-13-15-17-19-21-23-25-27-29-31-47(53)57-41-45(59-49(55)33-35-51-37-43(3)38-51)46(60-50(56)34-36-52-39-44(4)40-52)42-58-48(54)32-30-28-26-24-22-20-18-16-14-12-10-8-6-2/h15-18,43-46H,5-14,19-42H2,1-4H3/b17-15-,18-16-/t45-,46+. The molecule has 0 unspecified atom stereocenters. The highest BCUT2D eigenvalue weighted by atomic mass is 16.6. The first-order valence-electron chi connectivity index (χ1n) is 24.6. The van der Waals surface area contributed by atoms with E-state index in [9.17, 15) is 19.2 Å². The molecule has 0 spiro atoms. The molecule has 2 fully saturated rings. The fraction of sp³-hybridized carbons (Fsp3) is 0.840. The van der Waals surface area contributed by atoms with E-state index in [1.165, 1.54) is 64.2 Å². The molecule has 0 N–H and O–H groups in total. The second-order valence-corrected chi connectivity index (χ2v) is 17.9. The summed E-state index contributed by atoms with van der Waals surface area (Å²) in [6.45, 7) is 13.2. The van der Waals surface area contributed by atoms with Crippen molar-refractivity contribution in [3.8, 4) is 0 Å². The number of unbranched alkanes of at least 4 members (excludes halogenated alkanes) is 18. The normalized spacial score (nSPS) is 16.1. The number of allylic oxidation sites excluding steroid dienone is 4. The molecule has 2 heterocycles. The molecule has 2 aliphatic rings. The van der Waals surface area contributed by atoms with Crippen LogP contribution in [0.15, 0.2) is 24.3 Å². The Kier molecular flexibility index (Phi) is 31.9. The van der Waals surface area contributed by atoms with Gasteiger partial charge in [-0.25, -0.2) is 0 Å². The summed E-state index contributed by atoms with van der Waals surface area (Å²) in [6, 6.07) is 0. The number of esters is 4. The van der Waals surface area contributed by atoms with Gasteiger partial charge in [-0.05, 0) is 76.0 Å². The summed E-state index contributed by atoms with van der Waals surface area (Å²) >= 11 is 0. The number of likely N-dealkylation sites (tertiary alicyclic amines) is 2. The predicted molar refractivity (Wildman–Crippen MR) is 243 cm³/mol. The smallest absolute Gasteiger partial charge is 0.307 e. The summed E-state index contributed by atoms with van der Waals surface area (Å²) in [7, 11) is 0. The fourth-order valence-electron chi connectivity index (χ4n) is 7.88. The lowest BCUT2D eigenvalue weighted by Gasteiger charge is -2.37. The van der Waals surface area contributed by atoms with E-state index in [1.54, 1.807) is 0 Å². The van der Waals surface area contributed by atoms with Crippen molar-refractivity contribution in [2.75, 3.05) is 52.5 Å². The third-order valence-electron chi connectivity index (χ3n) is 11.6. The summed E-state index contributed by atoms with van der Waals surface area (Å²) in [5, 5.41) is 0. The molecule has 0 aromatic heterocycles. The summed E-state index contributed by atoms with van der Waals surface area (Å²) in [5.74, 6) is -0.489. The van der Waals surface area contributed by atoms with E-state index in [-0.39, 0.29) is 50.8 Å². The van der Waals surface area contributed by atoms with Crippen LogP contribution in [0.4, 0.5) is 0 Å². The molecule has 60 heavy (non-hydrogen) atoms. The Morgan fingerprint density at radius 2 is 0.767 bits per heavy atom. The van der Waals surface area contributed by atoms with E-state index in [0.29, 0.717) is 37.8 Å². The van der Waals surface area contributed by atoms with Gasteiger partial charge in [0.25, 0.3) is 0 Å². The van der Waals surface area contributed by atoms with Crippen molar-refractivity contribution in [3.63, 3.8) is 0 Å². The summed E-state index contributed by atoms with van der Waals surface area (Å²) in [4.78, 5) is 56.5. The molecule has 2 rings (SSSR count). The van der Waals surface area contributed by atoms with Crippen LogP contribution >= 0.6 is 0 Å². The van der Waals surface area contributed by atoms with E-state index in [2.05, 4.69) is 61.8 Å². The number of rotatable bonds is 39. The van der Waals surface area contributed by atoms with Crippen molar-refractivity contribution in [2.45, 2.75) is 207 Å². The molecule has 0 amide bonds. The highest BCUT2D eigenvalue weighted by Crippen LogP contribution is 2.18. The van der Waals surface area contributed by atoms with Gasteiger partial charge in [-0.15, -0.1) is 0 Å². The summed E-state index contributed by atoms with van der Waals surface area (Å²) < 4.78 is 23.1. The lowest BCUT2D eigenvalue weighted by atomic mass is 10.0. The van der Waals surface area contributed by atoms with Crippen molar-refractivity contribution in [1.29, 1.82) is 0 Å². The first-order valence-corrected chi connectivity index (χ1v) is 24.6. The number of hydrogen-bond acceptors (Lipinski definition) is 10. The maximum Gasteiger partial charge on any atom is 0.307 e. The topological polar surface area (TPSA) is 112 Å². The van der Waals surface area contributed by atoms with Gasteiger partial charge < -0.3 is 28.7 Å². The Labute approximate surface area is 366 Å². The molecule has 0 aromatic carbocycles. The molecule has 0 saturated carbocycles. The van der Waals surface area contributed by atoms with Crippen molar-refractivity contribution < 1.29 is 38.1 Å². The van der Waals surface area contributed by atoms with Crippen LogP contribution < -0.4 is 0 Å². The zero-order valence-electron chi connectivity index (χ0n) is 38.8. The lowest BCUT2D eigenvalue weighted by Crippen LogP contribution is -2.47. The molecular weight excluding hydrogens is 757 g/mol. The number of carbonyl (C=O) groups is 4. The second-order valence-electron chi connectivity index (χ2n) is 17.9. The fourth-order valence-corrected chi connectivity index (χ4v) is 7.88. The maximum absolute atomic E-state index is 13.2. The molecule has 2 atom stereocenters. The first kappa shape index (κ1) is 53.4. The van der Waals surface area contributed by atoms with E-state index in [0.717, 1.165) is 90.4 Å². The van der Waals surface area contributed by atoms with Gasteiger partial charge in [0, 0.05) is 52.1 Å². The van der Waals surface area contributed by atoms with Gasteiger partial charge in [0.15, 0.2) is 12.2 Å². The van der Waals surface area contributed by atoms with E-state index < -0.39 is 24.1 Å². The Hall–Kier alpha value is -2.72. The Balaban J connectivity index is 1.86. The Morgan fingerprint density at radius 3 is 1.10 bits per heavy atom. The number of hydrogen-bond donors (Lipinski definition) is 0. The number of carbonyl (C=O) groups excluding carboxylic acids is 4. The number of nitrogens with zero attached hydrogens (tertiary/aromatic N) is 2. The molecule has 10 heteroatoms. The van der Waals surface area contributed by atoms with Gasteiger partial charge in [0.05, 0.1) is 12.8 Å². The summed E-state index contributed by atoms with van der Waals surface area (Å²) in [6.07, 6.45) is 32.7. The van der Waals surface area contributed by atoms with Crippen LogP contribution in [0.2, 0.25) is 0 Å². The average molecular weight is 845 g/mol. The second kappa shape index (κ2) is 35.8. The third kappa shape index (κ3) is 28.7. The molecule has 346 valence electrons. The van der Waals surface area contributed by atoms with Gasteiger partial charge in [0.2, 0.25) is 0 Å². The Bertz CT molecular complexity index is 1090. The quantitative estimate of drug-likeness (QED) is 0.0257. The zero-order valence-corrected chi connectivity index (χ0v) is 38.8. The first-order chi connectivity index (χ1) is 29.2. The van der Waals surface area contributed by atoms with E-state index >= 15 is 0 Å². The van der Waals surface area contributed by atoms with Crippen LogP contribution in [-0.4, -0.2) is 98.4 Å². The van der Waals surface area contributed by atoms with Crippen molar-refractivity contribution in [1.82, 2.24) is 9.80 Å².